The summed E-state index contributed by atoms with van der Waals surface area (Å²) in [5.74, 6) is 0.196. The van der Waals surface area contributed by atoms with Gasteiger partial charge in [-0.3, -0.25) is 4.68 Å². The lowest BCUT2D eigenvalue weighted by atomic mass is 10.3. The van der Waals surface area contributed by atoms with E-state index in [0.29, 0.717) is 5.69 Å². The lowest BCUT2D eigenvalue weighted by Gasteiger charge is -1.94. The molecule has 0 radical (unpaired) electrons. The Bertz CT molecular complexity index is 396. The molecule has 1 N–H and O–H groups in total. The van der Waals surface area contributed by atoms with Crippen molar-refractivity contribution in [1.82, 2.24) is 14.8 Å². The zero-order chi connectivity index (χ0) is 12.7. The second-order valence-electron chi connectivity index (χ2n) is 2.80. The highest BCUT2D eigenvalue weighted by Gasteiger charge is 2.03. The van der Waals surface area contributed by atoms with E-state index >= 15 is 0 Å². The van der Waals surface area contributed by atoms with Crippen LogP contribution in [0.4, 0.5) is 0 Å². The monoisotopic (exact) mass is 223 g/mol. The van der Waals surface area contributed by atoms with E-state index in [1.807, 2.05) is 40.9 Å². The van der Waals surface area contributed by atoms with Gasteiger partial charge in [-0.05, 0) is 6.92 Å². The van der Waals surface area contributed by atoms with Gasteiger partial charge in [-0.15, -0.1) is 0 Å². The Morgan fingerprint density at radius 3 is 2.25 bits per heavy atom. The van der Waals surface area contributed by atoms with E-state index in [1.54, 1.807) is 17.7 Å². The second kappa shape index (κ2) is 6.82. The van der Waals surface area contributed by atoms with Gasteiger partial charge in [-0.25, -0.2) is 4.98 Å². The largest absolute Gasteiger partial charge is 0.506 e. The molecule has 0 aromatic carbocycles. The molecule has 0 aliphatic heterocycles. The molecule has 90 valence electrons. The summed E-state index contributed by atoms with van der Waals surface area (Å²) in [7, 11) is 1.83. The fourth-order valence-electron chi connectivity index (χ4n) is 1.15. The standard InChI is InChI=1S/C8H9N3O.2C2H6/c1-5-8(12)3-6-7(9-5)4-11(2)10-6;2*1-2/h3-4,12H,1-2H3;2*1-2H3. The van der Waals surface area contributed by atoms with Crippen molar-refractivity contribution in [2.24, 2.45) is 7.05 Å². The highest BCUT2D eigenvalue weighted by Crippen LogP contribution is 2.19. The molecule has 0 aliphatic carbocycles. The Balaban J connectivity index is 0.000000509. The molecule has 2 aromatic rings. The third kappa shape index (κ3) is 3.22. The van der Waals surface area contributed by atoms with E-state index in [2.05, 4.69) is 10.1 Å². The van der Waals surface area contributed by atoms with E-state index < -0.39 is 0 Å². The van der Waals surface area contributed by atoms with E-state index in [4.69, 9.17) is 0 Å². The lowest BCUT2D eigenvalue weighted by Crippen LogP contribution is -1.84. The molecule has 0 amide bonds. The van der Waals surface area contributed by atoms with Crippen LogP contribution in [-0.2, 0) is 7.05 Å². The molecule has 4 heteroatoms. The molecule has 16 heavy (non-hydrogen) atoms. The Labute approximate surface area is 96.9 Å². The highest BCUT2D eigenvalue weighted by atomic mass is 16.3. The van der Waals surface area contributed by atoms with Gasteiger partial charge in [-0.2, -0.15) is 5.10 Å². The van der Waals surface area contributed by atoms with Gasteiger partial charge in [0.05, 0.1) is 11.9 Å². The molecule has 2 heterocycles. The van der Waals surface area contributed by atoms with Crippen molar-refractivity contribution in [3.63, 3.8) is 0 Å². The SMILES string of the molecule is CC.CC.Cc1nc2cn(C)nc2cc1O. The molecule has 0 bridgehead atoms. The number of pyridine rings is 1. The molecular formula is C12H21N3O. The van der Waals surface area contributed by atoms with Crippen molar-refractivity contribution in [3.8, 4) is 5.75 Å². The molecule has 0 spiro atoms. The number of hydrogen-bond donors (Lipinski definition) is 1. The fraction of sp³-hybridized carbons (Fsp3) is 0.500. The molecule has 0 fully saturated rings. The molecule has 4 nitrogen and oxygen atoms in total. The number of aryl methyl sites for hydroxylation is 2. The summed E-state index contributed by atoms with van der Waals surface area (Å²) in [5.41, 5.74) is 2.17. The summed E-state index contributed by atoms with van der Waals surface area (Å²) < 4.78 is 1.68. The van der Waals surface area contributed by atoms with Gasteiger partial charge in [-0.1, -0.05) is 27.7 Å². The number of aromatic hydroxyl groups is 1. The maximum Gasteiger partial charge on any atom is 0.139 e. The third-order valence-corrected chi connectivity index (χ3v) is 1.77. The minimum atomic E-state index is 0.196. The smallest absolute Gasteiger partial charge is 0.139 e. The minimum absolute atomic E-state index is 0.196. The predicted molar refractivity (Wildman–Crippen MR) is 67.6 cm³/mol. The normalized spacial score (nSPS) is 8.88. The summed E-state index contributed by atoms with van der Waals surface area (Å²) in [5, 5.41) is 13.4. The van der Waals surface area contributed by atoms with Crippen LogP contribution in [0.1, 0.15) is 33.4 Å². The van der Waals surface area contributed by atoms with Crippen LogP contribution < -0.4 is 0 Å². The molecular weight excluding hydrogens is 202 g/mol. The average Bonchev–Trinajstić information content (AvgIpc) is 2.64. The van der Waals surface area contributed by atoms with Gasteiger partial charge in [0, 0.05) is 13.1 Å². The fourth-order valence-corrected chi connectivity index (χ4v) is 1.15. The molecule has 0 saturated heterocycles. The number of nitrogens with zero attached hydrogens (tertiary/aromatic N) is 3. The highest BCUT2D eigenvalue weighted by molar-refractivity contribution is 5.75. The van der Waals surface area contributed by atoms with Crippen LogP contribution in [0.5, 0.6) is 5.75 Å². The molecule has 0 unspecified atom stereocenters. The number of hydrogen-bond acceptors (Lipinski definition) is 3. The zero-order valence-electron chi connectivity index (χ0n) is 10.9. The summed E-state index contributed by atoms with van der Waals surface area (Å²) in [6, 6.07) is 1.62. The van der Waals surface area contributed by atoms with Gasteiger partial charge in [0.2, 0.25) is 0 Å². The van der Waals surface area contributed by atoms with Gasteiger partial charge in [0.25, 0.3) is 0 Å². The lowest BCUT2D eigenvalue weighted by molar-refractivity contribution is 0.469. The zero-order valence-corrected chi connectivity index (χ0v) is 10.9. The van der Waals surface area contributed by atoms with Crippen molar-refractivity contribution in [1.29, 1.82) is 0 Å². The van der Waals surface area contributed by atoms with Crippen LogP contribution in [0, 0.1) is 6.92 Å². The van der Waals surface area contributed by atoms with E-state index in [9.17, 15) is 5.11 Å². The van der Waals surface area contributed by atoms with Crippen LogP contribution in [0.3, 0.4) is 0 Å². The van der Waals surface area contributed by atoms with Crippen LogP contribution in [-0.4, -0.2) is 19.9 Å². The van der Waals surface area contributed by atoms with Crippen LogP contribution in [0.2, 0.25) is 0 Å². The maximum absolute atomic E-state index is 9.31. The van der Waals surface area contributed by atoms with Crippen molar-refractivity contribution in [3.05, 3.63) is 18.0 Å². The van der Waals surface area contributed by atoms with Gasteiger partial charge >= 0.3 is 0 Å². The molecule has 2 rings (SSSR count). The number of rotatable bonds is 0. The first-order valence-corrected chi connectivity index (χ1v) is 5.67. The molecule has 0 saturated carbocycles. The van der Waals surface area contributed by atoms with Crippen molar-refractivity contribution in [2.45, 2.75) is 34.6 Å². The minimum Gasteiger partial charge on any atom is -0.506 e. The Hall–Kier alpha value is -1.58. The summed E-state index contributed by atoms with van der Waals surface area (Å²) in [6.45, 7) is 9.77. The van der Waals surface area contributed by atoms with E-state index in [1.165, 1.54) is 0 Å². The van der Waals surface area contributed by atoms with Crippen molar-refractivity contribution >= 4 is 11.0 Å². The summed E-state index contributed by atoms with van der Waals surface area (Å²) in [6.07, 6.45) is 1.82. The third-order valence-electron chi connectivity index (χ3n) is 1.77. The van der Waals surface area contributed by atoms with Gasteiger partial charge < -0.3 is 5.11 Å². The van der Waals surface area contributed by atoms with Crippen LogP contribution >= 0.6 is 0 Å². The van der Waals surface area contributed by atoms with Gasteiger partial charge in [0.15, 0.2) is 0 Å². The Morgan fingerprint density at radius 2 is 1.69 bits per heavy atom. The average molecular weight is 223 g/mol. The Morgan fingerprint density at radius 1 is 1.12 bits per heavy atom. The predicted octanol–water partition coefficient (Wildman–Crippen LogP) is 3.03. The van der Waals surface area contributed by atoms with Crippen molar-refractivity contribution < 1.29 is 5.11 Å². The van der Waals surface area contributed by atoms with Gasteiger partial charge in [0.1, 0.15) is 16.8 Å². The number of fused-ring (bicyclic) bond motifs is 1. The first-order chi connectivity index (χ1) is 7.66. The summed E-state index contributed by atoms with van der Waals surface area (Å²) >= 11 is 0. The quantitative estimate of drug-likeness (QED) is 0.746. The topological polar surface area (TPSA) is 50.9 Å². The number of aromatic nitrogens is 3. The summed E-state index contributed by atoms with van der Waals surface area (Å²) in [4.78, 5) is 4.16. The van der Waals surface area contributed by atoms with E-state index in [-0.39, 0.29) is 5.75 Å². The first kappa shape index (κ1) is 14.4. The maximum atomic E-state index is 9.31. The first-order valence-electron chi connectivity index (χ1n) is 5.67. The molecule has 0 aliphatic rings. The second-order valence-corrected chi connectivity index (χ2v) is 2.80. The molecule has 0 atom stereocenters. The van der Waals surface area contributed by atoms with Crippen LogP contribution in [0.15, 0.2) is 12.3 Å². The van der Waals surface area contributed by atoms with E-state index in [0.717, 1.165) is 11.0 Å². The van der Waals surface area contributed by atoms with Crippen molar-refractivity contribution in [2.75, 3.05) is 0 Å². The molecule has 2 aromatic heterocycles. The van der Waals surface area contributed by atoms with Crippen LogP contribution in [0.25, 0.3) is 11.0 Å². The Kier molecular flexibility index (Phi) is 6.15.